The van der Waals surface area contributed by atoms with E-state index in [4.69, 9.17) is 19.4 Å². The third-order valence-corrected chi connectivity index (χ3v) is 3.28. The molecule has 0 spiro atoms. The second-order valence-corrected chi connectivity index (χ2v) is 4.63. The molecule has 1 aliphatic rings. The monoisotopic (exact) mass is 285 g/mol. The van der Waals surface area contributed by atoms with Crippen LogP contribution in [0.1, 0.15) is 30.8 Å². The number of nitrogens with zero attached hydrogens (tertiary/aromatic N) is 2. The van der Waals surface area contributed by atoms with Crippen molar-refractivity contribution in [3.05, 3.63) is 23.7 Å². The molecule has 6 nitrogen and oxygen atoms in total. The summed E-state index contributed by atoms with van der Waals surface area (Å²) in [5.41, 5.74) is 5.72. The highest BCUT2D eigenvalue weighted by Crippen LogP contribution is 2.37. The Hall–Kier alpha value is -1.37. The molecule has 0 unspecified atom stereocenters. The summed E-state index contributed by atoms with van der Waals surface area (Å²) < 4.78 is 15.7. The van der Waals surface area contributed by atoms with Crippen LogP contribution >= 0.6 is 12.4 Å². The Bertz CT molecular complexity index is 548. The number of ether oxygens (including phenoxy) is 1. The van der Waals surface area contributed by atoms with E-state index >= 15 is 0 Å². The zero-order valence-corrected chi connectivity index (χ0v) is 11.4. The molecule has 104 valence electrons. The summed E-state index contributed by atoms with van der Waals surface area (Å²) in [5.74, 6) is 2.19. The summed E-state index contributed by atoms with van der Waals surface area (Å²) in [7, 11) is 1.61. The number of methoxy groups -OCH3 is 1. The molecule has 1 aliphatic carbocycles. The number of rotatable bonds is 4. The number of aromatic nitrogens is 2. The summed E-state index contributed by atoms with van der Waals surface area (Å²) in [5, 5.41) is 3.94. The van der Waals surface area contributed by atoms with E-state index in [1.807, 2.05) is 6.07 Å². The van der Waals surface area contributed by atoms with Gasteiger partial charge in [-0.3, -0.25) is 0 Å². The lowest BCUT2D eigenvalue weighted by molar-refractivity contribution is 0.164. The predicted molar refractivity (Wildman–Crippen MR) is 69.7 cm³/mol. The zero-order chi connectivity index (χ0) is 12.6. The standard InChI is InChI=1S/C12H15N3O3.ClH/c1-16-7-8-3-4-9(17-8)10-14-11(15-18-10)12(13)5-2-6-12;/h3-4H,2,5-7,13H2,1H3;1H. The van der Waals surface area contributed by atoms with Gasteiger partial charge in [0.05, 0.1) is 5.54 Å². The molecule has 2 aromatic rings. The lowest BCUT2D eigenvalue weighted by atomic mass is 9.77. The van der Waals surface area contributed by atoms with Crippen LogP contribution in [0.25, 0.3) is 11.7 Å². The second kappa shape index (κ2) is 5.32. The Kier molecular flexibility index (Phi) is 3.93. The van der Waals surface area contributed by atoms with Crippen molar-refractivity contribution >= 4 is 12.4 Å². The molecular formula is C12H16ClN3O3. The molecule has 1 saturated carbocycles. The molecule has 7 heteroatoms. The Morgan fingerprint density at radius 3 is 2.84 bits per heavy atom. The third-order valence-electron chi connectivity index (χ3n) is 3.28. The van der Waals surface area contributed by atoms with Crippen LogP contribution in [-0.4, -0.2) is 17.3 Å². The molecule has 0 bridgehead atoms. The molecule has 0 atom stereocenters. The van der Waals surface area contributed by atoms with Crippen molar-refractivity contribution in [2.45, 2.75) is 31.4 Å². The van der Waals surface area contributed by atoms with Crippen LogP contribution in [-0.2, 0) is 16.9 Å². The van der Waals surface area contributed by atoms with Crippen molar-refractivity contribution in [2.75, 3.05) is 7.11 Å². The molecular weight excluding hydrogens is 270 g/mol. The molecule has 2 aromatic heterocycles. The van der Waals surface area contributed by atoms with E-state index < -0.39 is 5.54 Å². The highest BCUT2D eigenvalue weighted by atomic mass is 35.5. The first-order valence-corrected chi connectivity index (χ1v) is 5.92. The minimum Gasteiger partial charge on any atom is -0.453 e. The van der Waals surface area contributed by atoms with Gasteiger partial charge in [0.2, 0.25) is 0 Å². The highest BCUT2D eigenvalue weighted by molar-refractivity contribution is 5.85. The van der Waals surface area contributed by atoms with Gasteiger partial charge < -0.3 is 19.4 Å². The van der Waals surface area contributed by atoms with E-state index in [-0.39, 0.29) is 12.4 Å². The van der Waals surface area contributed by atoms with E-state index in [1.165, 1.54) is 0 Å². The van der Waals surface area contributed by atoms with Crippen LogP contribution in [0.3, 0.4) is 0 Å². The van der Waals surface area contributed by atoms with Gasteiger partial charge in [-0.05, 0) is 31.4 Å². The fourth-order valence-corrected chi connectivity index (χ4v) is 2.02. The van der Waals surface area contributed by atoms with Gasteiger partial charge in [0.25, 0.3) is 5.89 Å². The summed E-state index contributed by atoms with van der Waals surface area (Å²) in [6.07, 6.45) is 2.91. The number of nitrogens with two attached hydrogens (primary N) is 1. The van der Waals surface area contributed by atoms with E-state index in [0.29, 0.717) is 24.1 Å². The minimum absolute atomic E-state index is 0. The average molecular weight is 286 g/mol. The summed E-state index contributed by atoms with van der Waals surface area (Å²) in [6, 6.07) is 3.61. The number of furan rings is 1. The third kappa shape index (κ3) is 2.51. The number of hydrogen-bond donors (Lipinski definition) is 1. The van der Waals surface area contributed by atoms with Gasteiger partial charge in [-0.2, -0.15) is 4.98 Å². The molecule has 0 aliphatic heterocycles. The normalized spacial score (nSPS) is 16.7. The minimum atomic E-state index is -0.413. The SMILES string of the molecule is COCc1ccc(-c2nc(C3(N)CCC3)no2)o1.Cl. The van der Waals surface area contributed by atoms with Crippen LogP contribution in [0.4, 0.5) is 0 Å². The van der Waals surface area contributed by atoms with Gasteiger partial charge in [0.15, 0.2) is 11.6 Å². The highest BCUT2D eigenvalue weighted by Gasteiger charge is 2.39. The largest absolute Gasteiger partial charge is 0.453 e. The Morgan fingerprint density at radius 1 is 1.42 bits per heavy atom. The summed E-state index contributed by atoms with van der Waals surface area (Å²) in [4.78, 5) is 4.31. The molecule has 2 heterocycles. The second-order valence-electron chi connectivity index (χ2n) is 4.63. The van der Waals surface area contributed by atoms with Crippen molar-refractivity contribution < 1.29 is 13.7 Å². The first-order valence-electron chi connectivity index (χ1n) is 5.92. The Morgan fingerprint density at radius 2 is 2.21 bits per heavy atom. The van der Waals surface area contributed by atoms with E-state index in [0.717, 1.165) is 25.0 Å². The molecule has 0 amide bonds. The molecule has 0 aromatic carbocycles. The van der Waals surface area contributed by atoms with E-state index in [9.17, 15) is 0 Å². The van der Waals surface area contributed by atoms with Crippen LogP contribution in [0.2, 0.25) is 0 Å². The topological polar surface area (TPSA) is 87.3 Å². The van der Waals surface area contributed by atoms with Crippen molar-refractivity contribution in [3.8, 4) is 11.7 Å². The Labute approximate surface area is 116 Å². The Balaban J connectivity index is 0.00000133. The number of hydrogen-bond acceptors (Lipinski definition) is 6. The van der Waals surface area contributed by atoms with Gasteiger partial charge in [-0.25, -0.2) is 0 Å². The summed E-state index contributed by atoms with van der Waals surface area (Å²) in [6.45, 7) is 0.418. The first kappa shape index (κ1) is 14.0. The summed E-state index contributed by atoms with van der Waals surface area (Å²) >= 11 is 0. The van der Waals surface area contributed by atoms with Gasteiger partial charge in [-0.15, -0.1) is 12.4 Å². The van der Waals surface area contributed by atoms with Crippen molar-refractivity contribution in [1.29, 1.82) is 0 Å². The average Bonchev–Trinajstić information content (AvgIpc) is 2.94. The van der Waals surface area contributed by atoms with Gasteiger partial charge in [0.1, 0.15) is 12.4 Å². The molecule has 1 fully saturated rings. The van der Waals surface area contributed by atoms with Crippen molar-refractivity contribution in [2.24, 2.45) is 5.73 Å². The van der Waals surface area contributed by atoms with Crippen LogP contribution in [0, 0.1) is 0 Å². The van der Waals surface area contributed by atoms with E-state index in [2.05, 4.69) is 10.1 Å². The molecule has 3 rings (SSSR count). The quantitative estimate of drug-likeness (QED) is 0.927. The van der Waals surface area contributed by atoms with Gasteiger partial charge >= 0.3 is 0 Å². The maximum absolute atomic E-state index is 6.13. The molecule has 2 N–H and O–H groups in total. The van der Waals surface area contributed by atoms with Crippen LogP contribution in [0.15, 0.2) is 21.1 Å². The predicted octanol–water partition coefficient (Wildman–Crippen LogP) is 2.24. The fourth-order valence-electron chi connectivity index (χ4n) is 2.02. The van der Waals surface area contributed by atoms with E-state index in [1.54, 1.807) is 13.2 Å². The van der Waals surface area contributed by atoms with Crippen molar-refractivity contribution in [1.82, 2.24) is 10.1 Å². The lowest BCUT2D eigenvalue weighted by Gasteiger charge is -2.34. The van der Waals surface area contributed by atoms with Crippen molar-refractivity contribution in [3.63, 3.8) is 0 Å². The zero-order valence-electron chi connectivity index (χ0n) is 10.6. The number of halogens is 1. The van der Waals surface area contributed by atoms with Gasteiger partial charge in [0, 0.05) is 7.11 Å². The molecule has 19 heavy (non-hydrogen) atoms. The smallest absolute Gasteiger partial charge is 0.293 e. The van der Waals surface area contributed by atoms with Gasteiger partial charge in [-0.1, -0.05) is 5.16 Å². The lowest BCUT2D eigenvalue weighted by Crippen LogP contribution is -2.44. The van der Waals surface area contributed by atoms with Crippen LogP contribution in [0.5, 0.6) is 0 Å². The van der Waals surface area contributed by atoms with Crippen LogP contribution < -0.4 is 5.73 Å². The molecule has 0 saturated heterocycles. The fraction of sp³-hybridized carbons (Fsp3) is 0.500. The molecule has 0 radical (unpaired) electrons. The maximum Gasteiger partial charge on any atom is 0.293 e. The maximum atomic E-state index is 6.13. The first-order chi connectivity index (χ1) is 8.71.